The van der Waals surface area contributed by atoms with Gasteiger partial charge in [-0.25, -0.2) is 9.37 Å². The van der Waals surface area contributed by atoms with E-state index in [-0.39, 0.29) is 11.4 Å². The van der Waals surface area contributed by atoms with E-state index in [4.69, 9.17) is 4.98 Å². The molecular formula is C21H26FN3OS. The first kappa shape index (κ1) is 19.7. The van der Waals surface area contributed by atoms with E-state index in [9.17, 15) is 9.18 Å². The molecule has 0 fully saturated rings. The summed E-state index contributed by atoms with van der Waals surface area (Å²) >= 11 is 1.55. The molecule has 0 spiro atoms. The summed E-state index contributed by atoms with van der Waals surface area (Å²) in [5.74, 6) is 0.372. The predicted molar refractivity (Wildman–Crippen MR) is 110 cm³/mol. The van der Waals surface area contributed by atoms with Crippen LogP contribution in [0, 0.1) is 5.82 Å². The molecule has 3 aromatic rings. The van der Waals surface area contributed by atoms with Gasteiger partial charge in [-0.2, -0.15) is 0 Å². The SMILES string of the molecule is CCc1cc2c(=O)n(CCN(CC)CC)c(Cc3ccccc3F)nc2s1. The van der Waals surface area contributed by atoms with E-state index in [1.807, 2.05) is 12.1 Å². The Morgan fingerprint density at radius 1 is 1.19 bits per heavy atom. The Hall–Kier alpha value is -2.05. The number of aromatic nitrogens is 2. The van der Waals surface area contributed by atoms with E-state index in [0.29, 0.717) is 29.7 Å². The van der Waals surface area contributed by atoms with Crippen molar-refractivity contribution in [3.63, 3.8) is 0 Å². The highest BCUT2D eigenvalue weighted by Crippen LogP contribution is 2.23. The predicted octanol–water partition coefficient (Wildman–Crippen LogP) is 4.09. The molecule has 4 nitrogen and oxygen atoms in total. The van der Waals surface area contributed by atoms with Crippen LogP contribution in [0.3, 0.4) is 0 Å². The van der Waals surface area contributed by atoms with E-state index in [1.165, 1.54) is 6.07 Å². The van der Waals surface area contributed by atoms with E-state index >= 15 is 0 Å². The molecule has 0 aliphatic heterocycles. The van der Waals surface area contributed by atoms with Gasteiger partial charge in [-0.05, 0) is 37.2 Å². The quantitative estimate of drug-likeness (QED) is 0.584. The second-order valence-electron chi connectivity index (χ2n) is 6.56. The van der Waals surface area contributed by atoms with Crippen LogP contribution in [0.2, 0.25) is 0 Å². The summed E-state index contributed by atoms with van der Waals surface area (Å²) in [6.07, 6.45) is 1.19. The number of thiophene rings is 1. The third-order valence-electron chi connectivity index (χ3n) is 4.97. The van der Waals surface area contributed by atoms with Gasteiger partial charge in [-0.1, -0.05) is 39.0 Å². The van der Waals surface area contributed by atoms with Crippen molar-refractivity contribution < 1.29 is 4.39 Å². The Morgan fingerprint density at radius 3 is 2.59 bits per heavy atom. The van der Waals surface area contributed by atoms with Gasteiger partial charge in [0, 0.05) is 24.4 Å². The highest BCUT2D eigenvalue weighted by molar-refractivity contribution is 7.18. The third-order valence-corrected chi connectivity index (χ3v) is 6.14. The Morgan fingerprint density at radius 2 is 1.93 bits per heavy atom. The Balaban J connectivity index is 2.06. The number of hydrogen-bond acceptors (Lipinski definition) is 4. The van der Waals surface area contributed by atoms with E-state index in [0.717, 1.165) is 35.8 Å². The normalized spacial score (nSPS) is 11.6. The fourth-order valence-electron chi connectivity index (χ4n) is 3.24. The summed E-state index contributed by atoms with van der Waals surface area (Å²) in [7, 11) is 0. The molecular weight excluding hydrogens is 361 g/mol. The second kappa shape index (κ2) is 8.76. The van der Waals surface area contributed by atoms with Crippen molar-refractivity contribution in [3.05, 3.63) is 62.8 Å². The van der Waals surface area contributed by atoms with Gasteiger partial charge in [0.1, 0.15) is 16.5 Å². The Labute approximate surface area is 163 Å². The van der Waals surface area contributed by atoms with E-state index in [2.05, 4.69) is 25.7 Å². The smallest absolute Gasteiger partial charge is 0.262 e. The first-order valence-corrected chi connectivity index (χ1v) is 10.4. The molecule has 2 heterocycles. The molecule has 27 heavy (non-hydrogen) atoms. The summed E-state index contributed by atoms with van der Waals surface area (Å²) in [5, 5.41) is 0.675. The van der Waals surface area contributed by atoms with Crippen LogP contribution < -0.4 is 5.56 Å². The average Bonchev–Trinajstić information content (AvgIpc) is 3.10. The van der Waals surface area contributed by atoms with Crippen LogP contribution in [-0.2, 0) is 19.4 Å². The summed E-state index contributed by atoms with van der Waals surface area (Å²) in [4.78, 5) is 22.1. The van der Waals surface area contributed by atoms with E-state index in [1.54, 1.807) is 28.0 Å². The molecule has 0 atom stereocenters. The van der Waals surface area contributed by atoms with Crippen LogP contribution >= 0.6 is 11.3 Å². The standard InChI is InChI=1S/C21H26FN3OS/c1-4-16-14-17-20(27-16)23-19(13-15-9-7-8-10-18(15)22)25(21(17)26)12-11-24(5-2)6-3/h7-10,14H,4-6,11-13H2,1-3H3. The molecule has 0 aliphatic rings. The lowest BCUT2D eigenvalue weighted by molar-refractivity contribution is 0.287. The minimum atomic E-state index is -0.262. The molecule has 0 bridgehead atoms. The zero-order valence-corrected chi connectivity index (χ0v) is 17.0. The molecule has 0 unspecified atom stereocenters. The lowest BCUT2D eigenvalue weighted by Gasteiger charge is -2.20. The molecule has 0 amide bonds. The first-order valence-electron chi connectivity index (χ1n) is 9.55. The van der Waals surface area contributed by atoms with Gasteiger partial charge >= 0.3 is 0 Å². The van der Waals surface area contributed by atoms with Crippen LogP contribution in [0.1, 0.15) is 37.0 Å². The van der Waals surface area contributed by atoms with Gasteiger partial charge < -0.3 is 4.90 Å². The highest BCUT2D eigenvalue weighted by atomic mass is 32.1. The number of likely N-dealkylation sites (N-methyl/N-ethyl adjacent to an activating group) is 1. The van der Waals surface area contributed by atoms with Crippen LogP contribution in [0.5, 0.6) is 0 Å². The number of hydrogen-bond donors (Lipinski definition) is 0. The summed E-state index contributed by atoms with van der Waals surface area (Å²) < 4.78 is 15.9. The number of nitrogens with zero attached hydrogens (tertiary/aromatic N) is 3. The molecule has 6 heteroatoms. The van der Waals surface area contributed by atoms with Gasteiger partial charge in [-0.15, -0.1) is 11.3 Å². The number of benzene rings is 1. The second-order valence-corrected chi connectivity index (χ2v) is 7.68. The molecule has 1 aromatic carbocycles. The Kier molecular flexibility index (Phi) is 6.39. The largest absolute Gasteiger partial charge is 0.302 e. The van der Waals surface area contributed by atoms with Crippen molar-refractivity contribution in [2.24, 2.45) is 0 Å². The molecule has 0 N–H and O–H groups in total. The molecule has 0 saturated carbocycles. The van der Waals surface area contributed by atoms with Crippen molar-refractivity contribution >= 4 is 21.6 Å². The topological polar surface area (TPSA) is 38.1 Å². The molecule has 0 radical (unpaired) electrons. The summed E-state index contributed by atoms with van der Waals surface area (Å²) in [6.45, 7) is 9.49. The van der Waals surface area contributed by atoms with E-state index < -0.39 is 0 Å². The number of aryl methyl sites for hydroxylation is 1. The monoisotopic (exact) mass is 387 g/mol. The molecule has 0 saturated heterocycles. The fraction of sp³-hybridized carbons (Fsp3) is 0.429. The van der Waals surface area contributed by atoms with Crippen molar-refractivity contribution in [3.8, 4) is 0 Å². The van der Waals surface area contributed by atoms with Gasteiger partial charge in [0.2, 0.25) is 0 Å². The lowest BCUT2D eigenvalue weighted by Crippen LogP contribution is -2.33. The van der Waals surface area contributed by atoms with Crippen molar-refractivity contribution in [1.29, 1.82) is 0 Å². The summed E-state index contributed by atoms with van der Waals surface area (Å²) in [5.41, 5.74) is 0.544. The molecule has 144 valence electrons. The number of rotatable bonds is 8. The first-order chi connectivity index (χ1) is 13.1. The van der Waals surface area contributed by atoms with Crippen molar-refractivity contribution in [1.82, 2.24) is 14.5 Å². The van der Waals surface area contributed by atoms with Crippen LogP contribution in [0.15, 0.2) is 35.1 Å². The van der Waals surface area contributed by atoms with Gasteiger partial charge in [-0.3, -0.25) is 9.36 Å². The van der Waals surface area contributed by atoms with Gasteiger partial charge in [0.25, 0.3) is 5.56 Å². The van der Waals surface area contributed by atoms with Gasteiger partial charge in [0.15, 0.2) is 0 Å². The fourth-order valence-corrected chi connectivity index (χ4v) is 4.22. The maximum atomic E-state index is 14.2. The lowest BCUT2D eigenvalue weighted by atomic mass is 10.1. The average molecular weight is 388 g/mol. The Bertz CT molecular complexity index is 975. The molecule has 0 aliphatic carbocycles. The van der Waals surface area contributed by atoms with Crippen LogP contribution in [0.4, 0.5) is 4.39 Å². The van der Waals surface area contributed by atoms with Crippen LogP contribution in [0.25, 0.3) is 10.2 Å². The van der Waals surface area contributed by atoms with Crippen molar-refractivity contribution in [2.45, 2.75) is 40.2 Å². The zero-order chi connectivity index (χ0) is 19.4. The minimum Gasteiger partial charge on any atom is -0.302 e. The summed E-state index contributed by atoms with van der Waals surface area (Å²) in [6, 6.07) is 8.65. The highest BCUT2D eigenvalue weighted by Gasteiger charge is 2.16. The maximum Gasteiger partial charge on any atom is 0.262 e. The van der Waals surface area contributed by atoms with Crippen molar-refractivity contribution in [2.75, 3.05) is 19.6 Å². The third kappa shape index (κ3) is 4.28. The van der Waals surface area contributed by atoms with Crippen LogP contribution in [-0.4, -0.2) is 34.1 Å². The maximum absolute atomic E-state index is 14.2. The number of fused-ring (bicyclic) bond motifs is 1. The molecule has 3 rings (SSSR count). The number of halogens is 1. The molecule has 2 aromatic heterocycles. The zero-order valence-electron chi connectivity index (χ0n) is 16.2. The minimum absolute atomic E-state index is 0.0190. The van der Waals surface area contributed by atoms with Gasteiger partial charge in [0.05, 0.1) is 5.39 Å².